The van der Waals surface area contributed by atoms with Gasteiger partial charge in [-0.1, -0.05) is 30.3 Å². The van der Waals surface area contributed by atoms with Gasteiger partial charge in [0, 0.05) is 45.4 Å². The van der Waals surface area contributed by atoms with E-state index < -0.39 is 0 Å². The van der Waals surface area contributed by atoms with Crippen LogP contribution in [0.3, 0.4) is 0 Å². The van der Waals surface area contributed by atoms with E-state index in [-0.39, 0.29) is 0 Å². The zero-order chi connectivity index (χ0) is 24.2. The monoisotopic (exact) mass is 472 g/mol. The molecule has 0 amide bonds. The molecule has 4 aromatic carbocycles. The van der Waals surface area contributed by atoms with E-state index in [1.54, 1.807) is 14.2 Å². The Morgan fingerprint density at radius 2 is 1.22 bits per heavy atom. The maximum Gasteiger partial charge on any atom is 0.120 e. The average Bonchev–Trinajstić information content (AvgIpc) is 3.46. The summed E-state index contributed by atoms with van der Waals surface area (Å²) in [6, 6.07) is 30.2. The van der Waals surface area contributed by atoms with Crippen molar-refractivity contribution in [1.82, 2.24) is 9.13 Å². The van der Waals surface area contributed by atoms with E-state index in [0.717, 1.165) is 30.0 Å². The minimum absolute atomic E-state index is 0.862. The van der Waals surface area contributed by atoms with Crippen molar-refractivity contribution in [1.29, 1.82) is 0 Å². The van der Waals surface area contributed by atoms with Crippen LogP contribution in [0.1, 0.15) is 24.1 Å². The molecule has 4 nitrogen and oxygen atoms in total. The molecule has 4 heteroatoms. The minimum Gasteiger partial charge on any atom is -0.497 e. The quantitative estimate of drug-likeness (QED) is 0.264. The highest BCUT2D eigenvalue weighted by Gasteiger charge is 2.25. The van der Waals surface area contributed by atoms with E-state index in [4.69, 9.17) is 9.47 Å². The first-order chi connectivity index (χ1) is 17.8. The molecule has 1 aliphatic rings. The van der Waals surface area contributed by atoms with Crippen LogP contribution in [-0.2, 0) is 12.8 Å². The summed E-state index contributed by atoms with van der Waals surface area (Å²) in [4.78, 5) is 0. The second-order valence-corrected chi connectivity index (χ2v) is 9.58. The zero-order valence-corrected chi connectivity index (χ0v) is 20.6. The van der Waals surface area contributed by atoms with Crippen molar-refractivity contribution in [2.24, 2.45) is 0 Å². The van der Waals surface area contributed by atoms with E-state index in [0.29, 0.717) is 0 Å². The highest BCUT2D eigenvalue weighted by molar-refractivity contribution is 6.22. The number of methoxy groups -OCH3 is 2. The van der Waals surface area contributed by atoms with Gasteiger partial charge in [0.25, 0.3) is 0 Å². The Morgan fingerprint density at radius 1 is 0.583 bits per heavy atom. The molecule has 0 saturated heterocycles. The second kappa shape index (κ2) is 8.20. The van der Waals surface area contributed by atoms with Crippen molar-refractivity contribution < 1.29 is 9.47 Å². The number of benzene rings is 4. The molecule has 0 unspecified atom stereocenters. The number of hydrogen-bond donors (Lipinski definition) is 0. The molecule has 2 heterocycles. The third-order valence-electron chi connectivity index (χ3n) is 7.69. The Morgan fingerprint density at radius 3 is 1.94 bits per heavy atom. The van der Waals surface area contributed by atoms with E-state index in [9.17, 15) is 0 Å². The van der Waals surface area contributed by atoms with Gasteiger partial charge in [-0.25, -0.2) is 0 Å². The third-order valence-corrected chi connectivity index (χ3v) is 7.69. The van der Waals surface area contributed by atoms with Gasteiger partial charge in [-0.3, -0.25) is 0 Å². The topological polar surface area (TPSA) is 28.3 Å². The molecular formula is C32H28N2O2. The predicted octanol–water partition coefficient (Wildman–Crippen LogP) is 7.62. The number of aromatic nitrogens is 2. The summed E-state index contributed by atoms with van der Waals surface area (Å²) in [6.07, 6.45) is 4.66. The van der Waals surface area contributed by atoms with Crippen LogP contribution in [0.25, 0.3) is 44.1 Å². The van der Waals surface area contributed by atoms with Crippen LogP contribution >= 0.6 is 0 Å². The lowest BCUT2D eigenvalue weighted by atomic mass is 9.94. The first kappa shape index (κ1) is 21.1. The Labute approximate surface area is 210 Å². The van der Waals surface area contributed by atoms with Crippen LogP contribution in [0, 0.1) is 0 Å². The first-order valence-electron chi connectivity index (χ1n) is 12.7. The minimum atomic E-state index is 0.862. The van der Waals surface area contributed by atoms with Crippen LogP contribution < -0.4 is 9.47 Å². The van der Waals surface area contributed by atoms with Crippen LogP contribution in [0.2, 0.25) is 0 Å². The first-order valence-corrected chi connectivity index (χ1v) is 12.7. The molecule has 0 atom stereocenters. The van der Waals surface area contributed by atoms with Crippen LogP contribution in [-0.4, -0.2) is 23.4 Å². The van der Waals surface area contributed by atoms with Gasteiger partial charge in [0.05, 0.1) is 30.8 Å². The molecule has 0 saturated carbocycles. The zero-order valence-electron chi connectivity index (χ0n) is 20.6. The molecule has 6 aromatic rings. The van der Waals surface area contributed by atoms with E-state index in [2.05, 4.69) is 81.9 Å². The summed E-state index contributed by atoms with van der Waals surface area (Å²) in [5.74, 6) is 1.75. The summed E-state index contributed by atoms with van der Waals surface area (Å²) < 4.78 is 16.0. The molecule has 0 N–H and O–H groups in total. The van der Waals surface area contributed by atoms with Gasteiger partial charge in [-0.15, -0.1) is 0 Å². The largest absolute Gasteiger partial charge is 0.497 e. The highest BCUT2D eigenvalue weighted by Crippen LogP contribution is 2.43. The molecule has 2 aromatic heterocycles. The van der Waals surface area contributed by atoms with Crippen molar-refractivity contribution in [3.05, 3.63) is 96.2 Å². The van der Waals surface area contributed by atoms with Gasteiger partial charge >= 0.3 is 0 Å². The number of nitrogens with zero attached hydrogens (tertiary/aromatic N) is 2. The fourth-order valence-electron chi connectivity index (χ4n) is 6.16. The van der Waals surface area contributed by atoms with Crippen molar-refractivity contribution in [2.75, 3.05) is 14.2 Å². The van der Waals surface area contributed by atoms with Gasteiger partial charge in [-0.2, -0.15) is 0 Å². The van der Waals surface area contributed by atoms with Crippen molar-refractivity contribution in [3.63, 3.8) is 0 Å². The third kappa shape index (κ3) is 3.00. The summed E-state index contributed by atoms with van der Waals surface area (Å²) in [5, 5.41) is 4.02. The number of ether oxygens (including phenoxy) is 2. The number of fused-ring (bicyclic) bond motifs is 7. The summed E-state index contributed by atoms with van der Waals surface area (Å²) in [5.41, 5.74) is 8.93. The van der Waals surface area contributed by atoms with Gasteiger partial charge in [0.2, 0.25) is 0 Å². The summed E-state index contributed by atoms with van der Waals surface area (Å²) in [6.45, 7) is 0. The van der Waals surface area contributed by atoms with Gasteiger partial charge in [0.1, 0.15) is 11.5 Å². The number of para-hydroxylation sites is 1. The molecule has 7 rings (SSSR count). The lowest BCUT2D eigenvalue weighted by Gasteiger charge is -2.16. The van der Waals surface area contributed by atoms with E-state index in [1.807, 2.05) is 12.1 Å². The molecule has 36 heavy (non-hydrogen) atoms. The van der Waals surface area contributed by atoms with Crippen molar-refractivity contribution in [2.45, 2.75) is 25.7 Å². The van der Waals surface area contributed by atoms with Crippen molar-refractivity contribution in [3.8, 4) is 22.9 Å². The van der Waals surface area contributed by atoms with Gasteiger partial charge in [0.15, 0.2) is 0 Å². The molecule has 178 valence electrons. The predicted molar refractivity (Wildman–Crippen MR) is 147 cm³/mol. The molecule has 0 fully saturated rings. The van der Waals surface area contributed by atoms with E-state index in [1.165, 1.54) is 62.5 Å². The summed E-state index contributed by atoms with van der Waals surface area (Å²) in [7, 11) is 3.46. The number of rotatable bonds is 4. The van der Waals surface area contributed by atoms with Gasteiger partial charge in [-0.05, 0) is 73.7 Å². The maximum absolute atomic E-state index is 5.58. The Hall–Kier alpha value is -4.18. The lowest BCUT2D eigenvalue weighted by Crippen LogP contribution is -2.06. The molecular weight excluding hydrogens is 444 g/mol. The standard InChI is InChI=1S/C32H28N2O2/c1-35-23-11-7-9-21(19-23)33-27-15-5-3-13-25(27)31-29(33)17-18-30-32(31)26-14-4-6-16-28(26)34(30)22-10-8-12-24(20-22)36-2/h3,5,7-13,15,17-20H,4,6,14,16H2,1-2H3. The molecule has 0 spiro atoms. The molecule has 0 aliphatic heterocycles. The average molecular weight is 473 g/mol. The number of aryl methyl sites for hydroxylation is 1. The second-order valence-electron chi connectivity index (χ2n) is 9.58. The molecule has 0 radical (unpaired) electrons. The van der Waals surface area contributed by atoms with Crippen LogP contribution in [0.5, 0.6) is 11.5 Å². The maximum atomic E-state index is 5.58. The SMILES string of the molecule is COc1cccc(-n2c3c(c4c5c6ccccc6n(-c6cccc(OC)c6)c5ccc42)CCCC3)c1. The smallest absolute Gasteiger partial charge is 0.120 e. The van der Waals surface area contributed by atoms with Crippen LogP contribution in [0.15, 0.2) is 84.9 Å². The Balaban J connectivity index is 1.63. The lowest BCUT2D eigenvalue weighted by molar-refractivity contribution is 0.414. The van der Waals surface area contributed by atoms with Gasteiger partial charge < -0.3 is 18.6 Å². The number of hydrogen-bond acceptors (Lipinski definition) is 2. The van der Waals surface area contributed by atoms with Crippen LogP contribution in [0.4, 0.5) is 0 Å². The van der Waals surface area contributed by atoms with Crippen molar-refractivity contribution >= 4 is 32.7 Å². The fraction of sp³-hybridized carbons (Fsp3) is 0.188. The Kier molecular flexibility index (Phi) is 4.81. The Bertz CT molecular complexity index is 1770. The van der Waals surface area contributed by atoms with E-state index >= 15 is 0 Å². The normalized spacial score (nSPS) is 13.4. The molecule has 0 bridgehead atoms. The summed E-state index contributed by atoms with van der Waals surface area (Å²) >= 11 is 0. The highest BCUT2D eigenvalue weighted by atomic mass is 16.5. The molecule has 1 aliphatic carbocycles. The fourth-order valence-corrected chi connectivity index (χ4v) is 6.16.